The molecule has 15 heavy (non-hydrogen) atoms. The molecule has 1 fully saturated rings. The number of aromatic amines is 1. The third kappa shape index (κ3) is 2.07. The number of carbonyl (C=O) groups excluding carboxylic acids is 1. The summed E-state index contributed by atoms with van der Waals surface area (Å²) < 4.78 is 0. The lowest BCUT2D eigenvalue weighted by molar-refractivity contribution is 0.0909. The summed E-state index contributed by atoms with van der Waals surface area (Å²) in [6.45, 7) is 0. The van der Waals surface area contributed by atoms with Crippen LogP contribution in [0.2, 0.25) is 0 Å². The molecule has 5 nitrogen and oxygen atoms in total. The molecule has 1 aliphatic rings. The van der Waals surface area contributed by atoms with Gasteiger partial charge in [0.1, 0.15) is 5.56 Å². The highest BCUT2D eigenvalue weighted by Crippen LogP contribution is 2.17. The number of rotatable bonds is 2. The Morgan fingerprint density at radius 1 is 1.53 bits per heavy atom. The number of hydrogen-bond acceptors (Lipinski definition) is 3. The summed E-state index contributed by atoms with van der Waals surface area (Å²) in [6.07, 6.45) is 4.49. The van der Waals surface area contributed by atoms with Crippen molar-refractivity contribution < 1.29 is 4.79 Å². The standard InChI is InChI=1S/C10H13N3O2/c11-6-3-7(4-6)13-10(15)8-5-12-2-1-9(8)14/h1-2,5-7H,3-4,11H2,(H,12,14)(H,13,15). The average Bonchev–Trinajstić information content (AvgIpc) is 2.16. The molecule has 4 N–H and O–H groups in total. The molecule has 1 aliphatic carbocycles. The predicted molar refractivity (Wildman–Crippen MR) is 55.5 cm³/mol. The lowest BCUT2D eigenvalue weighted by atomic mass is 9.87. The van der Waals surface area contributed by atoms with Crippen molar-refractivity contribution in [2.24, 2.45) is 5.73 Å². The fraction of sp³-hybridized carbons (Fsp3) is 0.400. The van der Waals surface area contributed by atoms with Crippen LogP contribution in [0, 0.1) is 0 Å². The number of carbonyl (C=O) groups is 1. The van der Waals surface area contributed by atoms with Crippen LogP contribution >= 0.6 is 0 Å². The van der Waals surface area contributed by atoms with Crippen LogP contribution in [0.4, 0.5) is 0 Å². The molecule has 1 amide bonds. The zero-order chi connectivity index (χ0) is 10.8. The zero-order valence-corrected chi connectivity index (χ0v) is 8.19. The van der Waals surface area contributed by atoms with Crippen molar-refractivity contribution in [2.45, 2.75) is 24.9 Å². The molecule has 0 radical (unpaired) electrons. The largest absolute Gasteiger partial charge is 0.367 e. The molecule has 1 aromatic rings. The number of nitrogens with two attached hydrogens (primary N) is 1. The van der Waals surface area contributed by atoms with Crippen LogP contribution in [0.15, 0.2) is 23.3 Å². The third-order valence-corrected chi connectivity index (χ3v) is 2.58. The number of aromatic nitrogens is 1. The Hall–Kier alpha value is -1.62. The molecule has 0 aliphatic heterocycles. The molecule has 1 heterocycles. The van der Waals surface area contributed by atoms with Gasteiger partial charge in [-0.3, -0.25) is 9.59 Å². The molecule has 1 saturated carbocycles. The summed E-state index contributed by atoms with van der Waals surface area (Å²) in [4.78, 5) is 25.6. The van der Waals surface area contributed by atoms with Crippen LogP contribution in [0.5, 0.6) is 0 Å². The molecule has 1 aromatic heterocycles. The minimum absolute atomic E-state index is 0.118. The van der Waals surface area contributed by atoms with Gasteiger partial charge < -0.3 is 16.0 Å². The lowest BCUT2D eigenvalue weighted by Crippen LogP contribution is -2.50. The van der Waals surface area contributed by atoms with Gasteiger partial charge in [-0.25, -0.2) is 0 Å². The molecule has 0 unspecified atom stereocenters. The van der Waals surface area contributed by atoms with Gasteiger partial charge in [0.2, 0.25) is 0 Å². The second-order valence-corrected chi connectivity index (χ2v) is 3.82. The monoisotopic (exact) mass is 207 g/mol. The van der Waals surface area contributed by atoms with Crippen molar-refractivity contribution in [3.63, 3.8) is 0 Å². The highest BCUT2D eigenvalue weighted by Gasteiger charge is 2.27. The molecule has 5 heteroatoms. The number of hydrogen-bond donors (Lipinski definition) is 3. The Balaban J connectivity index is 2.03. The topological polar surface area (TPSA) is 88.0 Å². The Kier molecular flexibility index (Phi) is 2.55. The van der Waals surface area contributed by atoms with E-state index in [0.29, 0.717) is 0 Å². The smallest absolute Gasteiger partial charge is 0.256 e. The van der Waals surface area contributed by atoms with Crippen molar-refractivity contribution in [3.8, 4) is 0 Å². The van der Waals surface area contributed by atoms with Crippen molar-refractivity contribution in [3.05, 3.63) is 34.2 Å². The van der Waals surface area contributed by atoms with Gasteiger partial charge in [0.05, 0.1) is 0 Å². The second kappa shape index (κ2) is 3.86. The van der Waals surface area contributed by atoms with E-state index >= 15 is 0 Å². The molecular weight excluding hydrogens is 194 g/mol. The van der Waals surface area contributed by atoms with Gasteiger partial charge >= 0.3 is 0 Å². The Labute approximate surface area is 86.7 Å². The Morgan fingerprint density at radius 2 is 2.27 bits per heavy atom. The summed E-state index contributed by atoms with van der Waals surface area (Å²) in [5, 5.41) is 2.76. The maximum absolute atomic E-state index is 11.6. The van der Waals surface area contributed by atoms with E-state index in [0.717, 1.165) is 12.8 Å². The van der Waals surface area contributed by atoms with E-state index < -0.39 is 0 Å². The SMILES string of the molecule is NC1CC(NC(=O)c2c[nH]ccc2=O)C1. The van der Waals surface area contributed by atoms with Gasteiger partial charge in [-0.1, -0.05) is 0 Å². The number of pyridine rings is 1. The van der Waals surface area contributed by atoms with Crippen LogP contribution in [0.25, 0.3) is 0 Å². The van der Waals surface area contributed by atoms with E-state index in [1.165, 1.54) is 18.5 Å². The van der Waals surface area contributed by atoms with Gasteiger partial charge in [0, 0.05) is 30.5 Å². The summed E-state index contributed by atoms with van der Waals surface area (Å²) in [7, 11) is 0. The maximum Gasteiger partial charge on any atom is 0.256 e. The first kappa shape index (κ1) is 9.92. The highest BCUT2D eigenvalue weighted by atomic mass is 16.2. The van der Waals surface area contributed by atoms with Crippen LogP contribution in [0.1, 0.15) is 23.2 Å². The quantitative estimate of drug-likeness (QED) is 0.616. The van der Waals surface area contributed by atoms with Crippen molar-refractivity contribution in [1.29, 1.82) is 0 Å². The molecule has 2 rings (SSSR count). The molecule has 0 aromatic carbocycles. The number of amides is 1. The van der Waals surface area contributed by atoms with Crippen LogP contribution < -0.4 is 16.5 Å². The van der Waals surface area contributed by atoms with Crippen LogP contribution in [-0.2, 0) is 0 Å². The number of nitrogens with one attached hydrogen (secondary N) is 2. The maximum atomic E-state index is 11.6. The average molecular weight is 207 g/mol. The van der Waals surface area contributed by atoms with E-state index in [1.807, 2.05) is 0 Å². The fourth-order valence-corrected chi connectivity index (χ4v) is 1.64. The van der Waals surface area contributed by atoms with Gasteiger partial charge in [0.25, 0.3) is 5.91 Å². The minimum Gasteiger partial charge on any atom is -0.367 e. The third-order valence-electron chi connectivity index (χ3n) is 2.58. The first-order valence-corrected chi connectivity index (χ1v) is 4.90. The first-order valence-electron chi connectivity index (χ1n) is 4.90. The highest BCUT2D eigenvalue weighted by molar-refractivity contribution is 5.93. The van der Waals surface area contributed by atoms with Gasteiger partial charge in [-0.15, -0.1) is 0 Å². The minimum atomic E-state index is -0.325. The fourth-order valence-electron chi connectivity index (χ4n) is 1.64. The zero-order valence-electron chi connectivity index (χ0n) is 8.19. The molecule has 0 saturated heterocycles. The molecule has 0 atom stereocenters. The Bertz CT molecular complexity index is 421. The summed E-state index contributed by atoms with van der Waals surface area (Å²) >= 11 is 0. The molecular formula is C10H13N3O2. The first-order chi connectivity index (χ1) is 7.16. The predicted octanol–water partition coefficient (Wildman–Crippen LogP) is -0.406. The van der Waals surface area contributed by atoms with E-state index in [9.17, 15) is 9.59 Å². The van der Waals surface area contributed by atoms with E-state index in [-0.39, 0.29) is 29.0 Å². The molecule has 0 spiro atoms. The summed E-state index contributed by atoms with van der Waals surface area (Å²) in [5.74, 6) is -0.325. The second-order valence-electron chi connectivity index (χ2n) is 3.82. The normalized spacial score (nSPS) is 24.3. The lowest BCUT2D eigenvalue weighted by Gasteiger charge is -2.32. The van der Waals surface area contributed by atoms with Gasteiger partial charge in [0.15, 0.2) is 5.43 Å². The van der Waals surface area contributed by atoms with Gasteiger partial charge in [-0.2, -0.15) is 0 Å². The van der Waals surface area contributed by atoms with E-state index in [1.54, 1.807) is 0 Å². The molecule has 80 valence electrons. The summed E-state index contributed by atoms with van der Waals surface area (Å²) in [6, 6.07) is 1.64. The number of H-pyrrole nitrogens is 1. The van der Waals surface area contributed by atoms with Crippen molar-refractivity contribution in [2.75, 3.05) is 0 Å². The van der Waals surface area contributed by atoms with E-state index in [4.69, 9.17) is 5.73 Å². The van der Waals surface area contributed by atoms with Crippen molar-refractivity contribution in [1.82, 2.24) is 10.3 Å². The Morgan fingerprint density at radius 3 is 2.87 bits per heavy atom. The van der Waals surface area contributed by atoms with Crippen LogP contribution in [-0.4, -0.2) is 23.0 Å². The molecule has 0 bridgehead atoms. The van der Waals surface area contributed by atoms with Gasteiger partial charge in [-0.05, 0) is 12.8 Å². The van der Waals surface area contributed by atoms with Crippen LogP contribution in [0.3, 0.4) is 0 Å². The summed E-state index contributed by atoms with van der Waals surface area (Å²) in [5.41, 5.74) is 5.48. The van der Waals surface area contributed by atoms with E-state index in [2.05, 4.69) is 10.3 Å². The van der Waals surface area contributed by atoms with Crippen molar-refractivity contribution >= 4 is 5.91 Å².